The average Bonchev–Trinajstić information content (AvgIpc) is 2.51. The van der Waals surface area contributed by atoms with E-state index in [-0.39, 0.29) is 114 Å². The predicted octanol–water partition coefficient (Wildman–Crippen LogP) is -1.67. The number of hydrogen-bond acceptors (Lipinski definition) is 6. The summed E-state index contributed by atoms with van der Waals surface area (Å²) in [5.74, 6) is -0.454. The first-order chi connectivity index (χ1) is 12.2. The van der Waals surface area contributed by atoms with E-state index in [4.69, 9.17) is 0 Å². The molecule has 0 aliphatic carbocycles. The van der Waals surface area contributed by atoms with Gasteiger partial charge in [0.25, 0.3) is 0 Å². The first kappa shape index (κ1) is 35.7. The van der Waals surface area contributed by atoms with Gasteiger partial charge in [0.15, 0.2) is 0 Å². The summed E-state index contributed by atoms with van der Waals surface area (Å²) >= 11 is 0. The van der Waals surface area contributed by atoms with Gasteiger partial charge in [0, 0.05) is 11.5 Å². The van der Waals surface area contributed by atoms with E-state index in [9.17, 15) is 25.9 Å². The van der Waals surface area contributed by atoms with Gasteiger partial charge in [-0.15, -0.1) is 0 Å². The first-order valence-electron chi connectivity index (χ1n) is 10.1. The Morgan fingerprint density at radius 3 is 0.643 bits per heavy atom. The van der Waals surface area contributed by atoms with E-state index in [1.165, 1.54) is 51.4 Å². The molecule has 158 valence electrons. The molecule has 10 heteroatoms. The summed E-state index contributed by atoms with van der Waals surface area (Å²) in [5, 5.41) is 0. The second-order valence-corrected chi connectivity index (χ2v) is 10.2. The van der Waals surface area contributed by atoms with Crippen LogP contribution in [0.5, 0.6) is 0 Å². The maximum atomic E-state index is 10.4. The van der Waals surface area contributed by atoms with Crippen LogP contribution in [0.3, 0.4) is 0 Å². The minimum absolute atomic E-state index is 0. The molecule has 0 amide bonds. The summed E-state index contributed by atoms with van der Waals surface area (Å²) in [5.41, 5.74) is 0. The molecule has 0 aromatic carbocycles. The molecule has 0 radical (unpaired) electrons. The van der Waals surface area contributed by atoms with Crippen molar-refractivity contribution in [2.45, 2.75) is 103 Å². The number of hydrogen-bond donors (Lipinski definition) is 0. The Labute approximate surface area is 258 Å². The molecule has 0 aromatic rings. The molecular weight excluding hydrogens is 455 g/mol. The summed E-state index contributed by atoms with van der Waals surface area (Å²) in [7, 11) is -8.07. The van der Waals surface area contributed by atoms with Gasteiger partial charge in [-0.05, 0) is 12.8 Å². The fourth-order valence-electron chi connectivity index (χ4n) is 3.03. The SMILES string of the molecule is O=S(=O)([O-])CCCCCCCCCCCCCCCCCCS(=O)(=O)[O-].[K+].[K+]. The molecule has 0 saturated carbocycles. The molecule has 0 unspecified atom stereocenters. The maximum Gasteiger partial charge on any atom is 1.00 e. The van der Waals surface area contributed by atoms with Crippen molar-refractivity contribution in [1.82, 2.24) is 0 Å². The molecule has 0 bridgehead atoms. The van der Waals surface area contributed by atoms with Crippen molar-refractivity contribution in [3.05, 3.63) is 0 Å². The Morgan fingerprint density at radius 1 is 0.357 bits per heavy atom. The summed E-state index contributed by atoms with van der Waals surface area (Å²) in [6, 6.07) is 0. The molecule has 0 aromatic heterocycles. The summed E-state index contributed by atoms with van der Waals surface area (Å²) in [4.78, 5) is 0. The Hall–Kier alpha value is 3.09. The smallest absolute Gasteiger partial charge is 0.748 e. The van der Waals surface area contributed by atoms with Crippen LogP contribution in [0.2, 0.25) is 0 Å². The third kappa shape index (κ3) is 33.7. The fraction of sp³-hybridized carbons (Fsp3) is 1.00. The molecule has 0 heterocycles. The van der Waals surface area contributed by atoms with Crippen molar-refractivity contribution in [3.63, 3.8) is 0 Å². The normalized spacial score (nSPS) is 11.6. The summed E-state index contributed by atoms with van der Waals surface area (Å²) in [6.45, 7) is 0. The van der Waals surface area contributed by atoms with Crippen LogP contribution in [-0.4, -0.2) is 37.4 Å². The topological polar surface area (TPSA) is 114 Å². The van der Waals surface area contributed by atoms with Gasteiger partial charge in [0.2, 0.25) is 0 Å². The minimum Gasteiger partial charge on any atom is -0.748 e. The second kappa shape index (κ2) is 23.3. The molecule has 0 fully saturated rings. The van der Waals surface area contributed by atoms with Crippen molar-refractivity contribution in [1.29, 1.82) is 0 Å². The van der Waals surface area contributed by atoms with Gasteiger partial charge < -0.3 is 9.11 Å². The Kier molecular flexibility index (Phi) is 29.6. The zero-order valence-electron chi connectivity index (χ0n) is 18.0. The van der Waals surface area contributed by atoms with Crippen molar-refractivity contribution in [2.24, 2.45) is 0 Å². The molecule has 0 spiro atoms. The standard InChI is InChI=1S/C18H38O6S2.2K/c19-25(20,21)17-15-13-11-9-7-5-3-1-2-4-6-8-10-12-14-16-18-26(22,23)24;;/h1-18H2,(H,19,20,21)(H,22,23,24);;/q;2*+1/p-2. The molecule has 0 N–H and O–H groups in total. The van der Waals surface area contributed by atoms with E-state index in [1.54, 1.807) is 0 Å². The predicted molar refractivity (Wildman–Crippen MR) is 103 cm³/mol. The molecule has 28 heavy (non-hydrogen) atoms. The van der Waals surface area contributed by atoms with Crippen molar-refractivity contribution >= 4 is 20.2 Å². The average molecular weight is 491 g/mol. The van der Waals surface area contributed by atoms with E-state index in [1.807, 2.05) is 0 Å². The van der Waals surface area contributed by atoms with Crippen LogP contribution in [0.4, 0.5) is 0 Å². The Balaban J connectivity index is -0.00000312. The van der Waals surface area contributed by atoms with E-state index >= 15 is 0 Å². The molecular formula is C18H36K2O6S2. The first-order valence-corrected chi connectivity index (χ1v) is 13.2. The number of rotatable bonds is 19. The second-order valence-electron chi connectivity index (χ2n) is 7.18. The van der Waals surface area contributed by atoms with Gasteiger partial charge in [-0.25, -0.2) is 16.8 Å². The van der Waals surface area contributed by atoms with Gasteiger partial charge in [0.1, 0.15) is 0 Å². The zero-order chi connectivity index (χ0) is 19.7. The van der Waals surface area contributed by atoms with E-state index in [0.717, 1.165) is 38.5 Å². The quantitative estimate of drug-likeness (QED) is 0.121. The summed E-state index contributed by atoms with van der Waals surface area (Å²) in [6.07, 6.45) is 16.7. The molecule has 0 rings (SSSR count). The van der Waals surface area contributed by atoms with Gasteiger partial charge in [0.05, 0.1) is 20.2 Å². The van der Waals surface area contributed by atoms with Crippen LogP contribution < -0.4 is 103 Å². The van der Waals surface area contributed by atoms with E-state index in [0.29, 0.717) is 12.8 Å². The third-order valence-electron chi connectivity index (χ3n) is 4.54. The molecule has 0 aliphatic rings. The third-order valence-corrected chi connectivity index (χ3v) is 6.12. The van der Waals surface area contributed by atoms with Crippen LogP contribution in [0.25, 0.3) is 0 Å². The number of unbranched alkanes of at least 4 members (excludes halogenated alkanes) is 15. The van der Waals surface area contributed by atoms with Gasteiger partial charge in [-0.1, -0.05) is 89.9 Å². The van der Waals surface area contributed by atoms with Crippen molar-refractivity contribution in [2.75, 3.05) is 11.5 Å². The van der Waals surface area contributed by atoms with Crippen molar-refractivity contribution < 1.29 is 129 Å². The molecule has 0 saturated heterocycles. The molecule has 6 nitrogen and oxygen atoms in total. The monoisotopic (exact) mass is 490 g/mol. The molecule has 0 aliphatic heterocycles. The van der Waals surface area contributed by atoms with Crippen molar-refractivity contribution in [3.8, 4) is 0 Å². The van der Waals surface area contributed by atoms with Crippen LogP contribution >= 0.6 is 0 Å². The van der Waals surface area contributed by atoms with Gasteiger partial charge in [-0.2, -0.15) is 0 Å². The van der Waals surface area contributed by atoms with Crippen LogP contribution in [-0.2, 0) is 20.2 Å². The van der Waals surface area contributed by atoms with E-state index < -0.39 is 20.2 Å². The van der Waals surface area contributed by atoms with E-state index in [2.05, 4.69) is 0 Å². The van der Waals surface area contributed by atoms with Crippen LogP contribution in [0, 0.1) is 0 Å². The van der Waals surface area contributed by atoms with Gasteiger partial charge in [-0.3, -0.25) is 0 Å². The van der Waals surface area contributed by atoms with Crippen LogP contribution in [0.1, 0.15) is 103 Å². The zero-order valence-corrected chi connectivity index (χ0v) is 25.9. The Morgan fingerprint density at radius 2 is 0.500 bits per heavy atom. The minimum atomic E-state index is -4.03. The molecule has 0 atom stereocenters. The van der Waals surface area contributed by atoms with Crippen LogP contribution in [0.15, 0.2) is 0 Å². The van der Waals surface area contributed by atoms with Gasteiger partial charge >= 0.3 is 103 Å². The Bertz CT molecular complexity index is 476. The largest absolute Gasteiger partial charge is 1.00 e. The summed E-state index contributed by atoms with van der Waals surface area (Å²) < 4.78 is 62.6. The fourth-order valence-corrected chi connectivity index (χ4v) is 4.15. The maximum absolute atomic E-state index is 10.4.